The number of hydrogen-bond donors (Lipinski definition) is 0. The quantitative estimate of drug-likeness (QED) is 0.514. The Balaban J connectivity index is -0.00000000500. The molecule has 1 radical (unpaired) electrons. The van der Waals surface area contributed by atoms with E-state index in [1.807, 2.05) is 0 Å². The van der Waals surface area contributed by atoms with Crippen molar-refractivity contribution in [3.8, 4) is 0 Å². The molecule has 0 amide bonds. The van der Waals surface area contributed by atoms with Gasteiger partial charge < -0.3 is 0 Å². The first-order valence-electron chi connectivity index (χ1n) is 0.154. The van der Waals surface area contributed by atoms with Crippen molar-refractivity contribution in [1.29, 1.82) is 0 Å². The van der Waals surface area contributed by atoms with E-state index in [1.165, 1.54) is 0 Å². The molecule has 0 rings (SSSR count). The predicted octanol–water partition coefficient (Wildman–Crippen LogP) is 0.512. The van der Waals surface area contributed by atoms with E-state index in [0.29, 0.717) is 0 Å². The molecule has 0 fully saturated rings. The summed E-state index contributed by atoms with van der Waals surface area (Å²) in [7, 11) is 0. The molecule has 0 spiro atoms. The van der Waals surface area contributed by atoms with Gasteiger partial charge in [-0.2, -0.15) is 0 Å². The van der Waals surface area contributed by atoms with Crippen LogP contribution in [0.1, 0.15) is 7.43 Å². The van der Waals surface area contributed by atoms with Crippen molar-refractivity contribution in [3.05, 3.63) is 0 Å². The molecular formula is CH4AgMnO. The zero-order chi connectivity index (χ0) is 2.00. The number of rotatable bonds is 0. The second-order valence-corrected chi connectivity index (χ2v) is 0. The summed E-state index contributed by atoms with van der Waals surface area (Å²) >= 11 is 1.69. The maximum absolute atomic E-state index is 8.06. The zero-order valence-corrected chi connectivity index (χ0v) is 3.75. The second kappa shape index (κ2) is 33.8. The molecule has 0 N–H and O–H groups in total. The van der Waals surface area contributed by atoms with Crippen molar-refractivity contribution in [2.24, 2.45) is 0 Å². The summed E-state index contributed by atoms with van der Waals surface area (Å²) in [6, 6.07) is 0. The van der Waals surface area contributed by atoms with Crippen molar-refractivity contribution in [3.63, 3.8) is 0 Å². The Morgan fingerprint density at radius 3 is 1.25 bits per heavy atom. The van der Waals surface area contributed by atoms with Crippen LogP contribution in [0, 0.1) is 0 Å². The Bertz CT molecular complexity index is 8.00. The third kappa shape index (κ3) is 11.6. The van der Waals surface area contributed by atoms with E-state index in [0.717, 1.165) is 0 Å². The van der Waals surface area contributed by atoms with Gasteiger partial charge in [0.05, 0.1) is 0 Å². The van der Waals surface area contributed by atoms with Crippen molar-refractivity contribution in [2.45, 2.75) is 7.43 Å². The van der Waals surface area contributed by atoms with Crippen LogP contribution in [-0.4, -0.2) is 0 Å². The Kier molecular flexibility index (Phi) is 166. The van der Waals surface area contributed by atoms with Crippen LogP contribution in [0.3, 0.4) is 0 Å². The first kappa shape index (κ1) is 19.7. The minimum atomic E-state index is 0. The third-order valence-corrected chi connectivity index (χ3v) is 0. The van der Waals surface area contributed by atoms with Gasteiger partial charge in [-0.3, -0.25) is 0 Å². The van der Waals surface area contributed by atoms with Gasteiger partial charge >= 0.3 is 19.8 Å². The topological polar surface area (TPSA) is 17.1 Å². The maximum atomic E-state index is 8.06. The average molecular weight is 195 g/mol. The predicted molar refractivity (Wildman–Crippen MR) is 7.42 cm³/mol. The molecule has 0 saturated carbocycles. The summed E-state index contributed by atoms with van der Waals surface area (Å²) in [4.78, 5) is 0. The minimum absolute atomic E-state index is 0. The fourth-order valence-corrected chi connectivity index (χ4v) is 0. The molecule has 3 heteroatoms. The van der Waals surface area contributed by atoms with Gasteiger partial charge in [-0.1, -0.05) is 7.43 Å². The van der Waals surface area contributed by atoms with Crippen LogP contribution in [0.2, 0.25) is 0 Å². The van der Waals surface area contributed by atoms with Crippen LogP contribution in [0.15, 0.2) is 0 Å². The van der Waals surface area contributed by atoms with Crippen LogP contribution in [0.4, 0.5) is 0 Å². The van der Waals surface area contributed by atoms with Crippen molar-refractivity contribution in [2.75, 3.05) is 0 Å². The van der Waals surface area contributed by atoms with Gasteiger partial charge in [-0.15, -0.1) is 0 Å². The Hall–Kier alpha value is 1.06. The monoisotopic (exact) mass is 194 g/mol. The molecule has 0 atom stereocenters. The summed E-state index contributed by atoms with van der Waals surface area (Å²) < 4.78 is 8.06. The molecule has 0 aliphatic heterocycles. The van der Waals surface area contributed by atoms with Crippen LogP contribution < -0.4 is 0 Å². The Labute approximate surface area is 49.7 Å². The van der Waals surface area contributed by atoms with Gasteiger partial charge in [0, 0.05) is 22.4 Å². The fraction of sp³-hybridized carbons (Fsp3) is 1.00. The van der Waals surface area contributed by atoms with Gasteiger partial charge in [0.2, 0.25) is 0 Å². The number of hydrogen-bond acceptors (Lipinski definition) is 1. The summed E-state index contributed by atoms with van der Waals surface area (Å²) in [6.07, 6.45) is 0. The van der Waals surface area contributed by atoms with Crippen LogP contribution in [0.5, 0.6) is 0 Å². The first-order valence-corrected chi connectivity index (χ1v) is 0.636. The third-order valence-electron chi connectivity index (χ3n) is 0. The van der Waals surface area contributed by atoms with E-state index < -0.39 is 0 Å². The van der Waals surface area contributed by atoms with Crippen molar-refractivity contribution in [1.82, 2.24) is 0 Å². The van der Waals surface area contributed by atoms with Gasteiger partial charge in [0.25, 0.3) is 0 Å². The second-order valence-electron chi connectivity index (χ2n) is 0. The molecule has 0 aromatic rings. The molecule has 1 nitrogen and oxygen atoms in total. The fourth-order valence-electron chi connectivity index (χ4n) is 0. The van der Waals surface area contributed by atoms with Gasteiger partial charge in [0.15, 0.2) is 0 Å². The Morgan fingerprint density at radius 2 is 1.25 bits per heavy atom. The molecule has 0 heterocycles. The van der Waals surface area contributed by atoms with Crippen LogP contribution >= 0.6 is 0 Å². The zero-order valence-electron chi connectivity index (χ0n) is 1.09. The molecule has 4 heavy (non-hydrogen) atoms. The molecule has 0 aromatic carbocycles. The van der Waals surface area contributed by atoms with E-state index in [2.05, 4.69) is 0 Å². The average Bonchev–Trinajstić information content (AvgIpc) is 1.00. The van der Waals surface area contributed by atoms with E-state index in [1.54, 1.807) is 15.9 Å². The summed E-state index contributed by atoms with van der Waals surface area (Å²) in [6.45, 7) is 0. The summed E-state index contributed by atoms with van der Waals surface area (Å²) in [5.41, 5.74) is 0. The van der Waals surface area contributed by atoms with Gasteiger partial charge in [-0.25, -0.2) is 0 Å². The molecular weight excluding hydrogens is 191 g/mol. The first-order chi connectivity index (χ1) is 1.00. The summed E-state index contributed by atoms with van der Waals surface area (Å²) in [5.74, 6) is 0. The molecule has 0 aliphatic rings. The molecule has 0 aromatic heterocycles. The molecule has 0 aliphatic carbocycles. The normalized spacial score (nSPS) is 1.00. The van der Waals surface area contributed by atoms with Gasteiger partial charge in [0.1, 0.15) is 0 Å². The summed E-state index contributed by atoms with van der Waals surface area (Å²) in [5, 5.41) is 0. The molecule has 0 saturated heterocycles. The van der Waals surface area contributed by atoms with Crippen molar-refractivity contribution >= 4 is 0 Å². The SMILES string of the molecule is C.[Ag].[O]=[Mn]. The standard InChI is InChI=1S/CH4.Ag.Mn.O/h1H4;;;. The van der Waals surface area contributed by atoms with Gasteiger partial charge in [-0.05, 0) is 0 Å². The van der Waals surface area contributed by atoms with E-state index in [4.69, 9.17) is 3.83 Å². The van der Waals surface area contributed by atoms with Crippen LogP contribution in [0.25, 0.3) is 0 Å². The van der Waals surface area contributed by atoms with Crippen LogP contribution in [-0.2, 0) is 42.2 Å². The Morgan fingerprint density at radius 1 is 1.25 bits per heavy atom. The molecule has 0 unspecified atom stereocenters. The van der Waals surface area contributed by atoms with E-state index in [-0.39, 0.29) is 29.8 Å². The molecule has 0 bridgehead atoms. The van der Waals surface area contributed by atoms with E-state index >= 15 is 0 Å². The molecule has 32 valence electrons. The van der Waals surface area contributed by atoms with Crippen molar-refractivity contribution < 1.29 is 42.2 Å². The van der Waals surface area contributed by atoms with E-state index in [9.17, 15) is 0 Å².